The van der Waals surface area contributed by atoms with Crippen LogP contribution in [-0.4, -0.2) is 28.4 Å². The number of quaternary nitrogens is 1. The van der Waals surface area contributed by atoms with Crippen molar-refractivity contribution in [2.45, 2.75) is 19.1 Å². The highest BCUT2D eigenvalue weighted by Gasteiger charge is 2.49. The summed E-state index contributed by atoms with van der Waals surface area (Å²) >= 11 is 0. The maximum absolute atomic E-state index is 13.1. The van der Waals surface area contributed by atoms with Crippen LogP contribution in [0, 0.1) is 0 Å². The number of nitrogens with zero attached hydrogens (tertiary/aromatic N) is 4. The number of halogens is 3. The zero-order chi connectivity index (χ0) is 22.1. The summed E-state index contributed by atoms with van der Waals surface area (Å²) in [5.74, 6) is -1.81. The van der Waals surface area contributed by atoms with Crippen LogP contribution in [0.1, 0.15) is 18.5 Å². The van der Waals surface area contributed by atoms with Gasteiger partial charge >= 0.3 is 12.1 Å². The van der Waals surface area contributed by atoms with Crippen LogP contribution in [-0.2, 0) is 4.79 Å². The van der Waals surface area contributed by atoms with E-state index in [0.29, 0.717) is 11.4 Å². The van der Waals surface area contributed by atoms with Crippen LogP contribution in [0.25, 0.3) is 0 Å². The maximum atomic E-state index is 13.1. The van der Waals surface area contributed by atoms with Crippen molar-refractivity contribution in [2.75, 3.05) is 5.32 Å². The number of anilines is 1. The van der Waals surface area contributed by atoms with Crippen molar-refractivity contribution in [3.05, 3.63) is 72.4 Å². The second-order valence-corrected chi connectivity index (χ2v) is 6.91. The molecule has 0 radical (unpaired) electrons. The van der Waals surface area contributed by atoms with E-state index in [1.54, 1.807) is 24.3 Å². The van der Waals surface area contributed by atoms with Crippen molar-refractivity contribution >= 4 is 35.4 Å². The van der Waals surface area contributed by atoms with Gasteiger partial charge in [0.25, 0.3) is 5.82 Å². The molecule has 0 fully saturated rings. The quantitative estimate of drug-likeness (QED) is 0.586. The van der Waals surface area contributed by atoms with Gasteiger partial charge in [-0.15, -0.1) is 0 Å². The van der Waals surface area contributed by atoms with E-state index in [4.69, 9.17) is 0 Å². The molecule has 1 amide bonds. The molecule has 158 valence electrons. The van der Waals surface area contributed by atoms with Crippen molar-refractivity contribution in [3.63, 3.8) is 0 Å². The third-order valence-corrected chi connectivity index (χ3v) is 4.81. The van der Waals surface area contributed by atoms with Crippen LogP contribution in [0.5, 0.6) is 0 Å². The summed E-state index contributed by atoms with van der Waals surface area (Å²) in [6, 6.07) is 17.4. The minimum Gasteiger partial charge on any atom is -0.348 e. The Morgan fingerprint density at radius 1 is 1.03 bits per heavy atom. The predicted molar refractivity (Wildman–Crippen MR) is 111 cm³/mol. The van der Waals surface area contributed by atoms with Crippen molar-refractivity contribution in [1.82, 2.24) is 20.0 Å². The number of aromatic nitrogens is 2. The monoisotopic (exact) mass is 427 g/mol. The lowest BCUT2D eigenvalue weighted by Crippen LogP contribution is -2.59. The topological polar surface area (TPSA) is 79.3 Å². The minimum atomic E-state index is -5.08. The van der Waals surface area contributed by atoms with Gasteiger partial charge < -0.3 is 5.32 Å². The lowest BCUT2D eigenvalue weighted by atomic mass is 10.1. The summed E-state index contributed by atoms with van der Waals surface area (Å²) < 4.78 is 38.5. The number of fused-ring (bicyclic) bond motifs is 1. The van der Waals surface area contributed by atoms with Gasteiger partial charge in [-0.05, 0) is 18.6 Å². The summed E-state index contributed by atoms with van der Waals surface area (Å²) in [6.45, 7) is 1.91. The van der Waals surface area contributed by atoms with Gasteiger partial charge in [0.1, 0.15) is 5.69 Å². The predicted octanol–water partition coefficient (Wildman–Crippen LogP) is 4.56. The number of rotatable bonds is 5. The maximum Gasteiger partial charge on any atom is 0.476 e. The van der Waals surface area contributed by atoms with Crippen LogP contribution in [0.15, 0.2) is 71.9 Å². The van der Waals surface area contributed by atoms with Gasteiger partial charge in [0.15, 0.2) is 5.69 Å². The smallest absolute Gasteiger partial charge is 0.348 e. The Bertz CT molecular complexity index is 1140. The highest BCUT2D eigenvalue weighted by Crippen LogP contribution is 2.42. The molecule has 2 N–H and O–H groups in total. The molecule has 0 saturated heterocycles. The Kier molecular flexibility index (Phi) is 5.15. The Hall–Kier alpha value is -3.79. The molecule has 7 nitrogen and oxygen atoms in total. The first-order valence-electron chi connectivity index (χ1n) is 9.38. The fourth-order valence-corrected chi connectivity index (χ4v) is 3.27. The van der Waals surface area contributed by atoms with Gasteiger partial charge in [0.2, 0.25) is 12.3 Å². The first kappa shape index (κ1) is 20.5. The van der Waals surface area contributed by atoms with E-state index in [1.165, 1.54) is 18.6 Å². The van der Waals surface area contributed by atoms with E-state index < -0.39 is 16.7 Å². The van der Waals surface area contributed by atoms with Crippen molar-refractivity contribution in [2.24, 2.45) is 4.99 Å². The van der Waals surface area contributed by atoms with E-state index in [9.17, 15) is 18.0 Å². The molecule has 3 aromatic rings. The number of benzene rings is 2. The third-order valence-electron chi connectivity index (χ3n) is 4.81. The van der Waals surface area contributed by atoms with Crippen LogP contribution >= 0.6 is 0 Å². The number of alkyl halides is 3. The first-order chi connectivity index (χ1) is 14.8. The molecular weight excluding hydrogens is 409 g/mol. The third kappa shape index (κ3) is 3.97. The van der Waals surface area contributed by atoms with Gasteiger partial charge in [0.05, 0.1) is 6.04 Å². The fourth-order valence-electron chi connectivity index (χ4n) is 3.27. The number of aliphatic imine (C=N–C) groups is 1. The number of hydrogen-bond acceptors (Lipinski definition) is 5. The summed E-state index contributed by atoms with van der Waals surface area (Å²) in [5, 5.41) is 3.14. The molecule has 1 aliphatic rings. The Morgan fingerprint density at radius 3 is 2.48 bits per heavy atom. The number of hydrogen-bond donors (Lipinski definition) is 2. The van der Waals surface area contributed by atoms with Gasteiger partial charge in [-0.2, -0.15) is 28.6 Å². The van der Waals surface area contributed by atoms with Gasteiger partial charge in [-0.25, -0.2) is 4.98 Å². The summed E-state index contributed by atoms with van der Waals surface area (Å²) in [7, 11) is 0. The molecule has 0 saturated carbocycles. The molecule has 2 aromatic carbocycles. The number of carbonyl (C=O) groups is 1. The van der Waals surface area contributed by atoms with Gasteiger partial charge in [-0.3, -0.25) is 4.79 Å². The Labute approximate surface area is 175 Å². The van der Waals surface area contributed by atoms with E-state index >= 15 is 0 Å². The molecule has 0 bridgehead atoms. The molecule has 1 aliphatic heterocycles. The molecular formula is C21H18F3N6O+. The van der Waals surface area contributed by atoms with E-state index in [0.717, 1.165) is 5.56 Å². The van der Waals surface area contributed by atoms with Crippen LogP contribution < -0.4 is 15.3 Å². The summed E-state index contributed by atoms with van der Waals surface area (Å²) in [5.41, 5.74) is 3.77. The van der Waals surface area contributed by atoms with Crippen LogP contribution in [0.4, 0.5) is 36.3 Å². The van der Waals surface area contributed by atoms with E-state index in [2.05, 4.69) is 20.3 Å². The summed E-state index contributed by atoms with van der Waals surface area (Å²) in [6.07, 6.45) is -2.45. The normalized spacial score (nSPS) is 18.3. The lowest BCUT2D eigenvalue weighted by molar-refractivity contribution is -0.176. The molecule has 2 unspecified atom stereocenters. The number of nitrogens with one attached hydrogen (secondary N) is 2. The summed E-state index contributed by atoms with van der Waals surface area (Å²) in [4.78, 5) is 24.7. The average molecular weight is 427 g/mol. The standard InChI is InChI=1S/C21H17F3N6O/c1-14(15-7-3-2-4-8-15)27-20-25-12-11-18(28-20)30(29-19(31)21(22,23)24)13-26-16-9-5-6-10-17(16)30/h2-14H,1H3,(H-,25,27,28,29,31)/p+1. The molecule has 10 heteroatoms. The van der Waals surface area contributed by atoms with Crippen molar-refractivity contribution in [1.29, 1.82) is 0 Å². The van der Waals surface area contributed by atoms with Gasteiger partial charge in [-0.1, -0.05) is 47.1 Å². The second-order valence-electron chi connectivity index (χ2n) is 6.91. The molecule has 2 heterocycles. The lowest BCUT2D eigenvalue weighted by Gasteiger charge is -2.28. The van der Waals surface area contributed by atoms with Crippen LogP contribution in [0.3, 0.4) is 0 Å². The Balaban J connectivity index is 1.73. The van der Waals surface area contributed by atoms with Crippen molar-refractivity contribution in [3.8, 4) is 0 Å². The molecule has 4 rings (SSSR count). The molecule has 0 aliphatic carbocycles. The highest BCUT2D eigenvalue weighted by atomic mass is 19.4. The number of para-hydroxylation sites is 2. The van der Waals surface area contributed by atoms with Crippen molar-refractivity contribution < 1.29 is 18.0 Å². The molecule has 31 heavy (non-hydrogen) atoms. The molecule has 2 atom stereocenters. The zero-order valence-electron chi connectivity index (χ0n) is 16.3. The highest BCUT2D eigenvalue weighted by molar-refractivity contribution is 5.97. The molecule has 0 spiro atoms. The number of amides is 1. The minimum absolute atomic E-state index is 0.101. The number of carbonyl (C=O) groups excluding carboxylic acids is 1. The first-order valence-corrected chi connectivity index (χ1v) is 9.38. The average Bonchev–Trinajstić information content (AvgIpc) is 3.13. The van der Waals surface area contributed by atoms with Gasteiger partial charge in [0, 0.05) is 18.3 Å². The van der Waals surface area contributed by atoms with E-state index in [-0.39, 0.29) is 17.8 Å². The molecule has 1 aromatic heterocycles. The second kappa shape index (κ2) is 7.80. The zero-order valence-corrected chi connectivity index (χ0v) is 16.3. The SMILES string of the molecule is CC(Nc1nccc([N+]2(NC(=O)C(F)(F)F)C=Nc3ccccc32)n1)c1ccccc1. The fraction of sp³-hybridized carbons (Fsp3) is 0.143. The largest absolute Gasteiger partial charge is 0.476 e. The van der Waals surface area contributed by atoms with E-state index in [1.807, 2.05) is 42.7 Å². The van der Waals surface area contributed by atoms with Crippen LogP contribution in [0.2, 0.25) is 0 Å². The Morgan fingerprint density at radius 2 is 1.74 bits per heavy atom.